The molecule has 0 atom stereocenters. The van der Waals surface area contributed by atoms with Gasteiger partial charge in [0, 0.05) is 17.4 Å². The predicted octanol–water partition coefficient (Wildman–Crippen LogP) is 4.95. The molecule has 0 unspecified atom stereocenters. The number of carbonyl (C=O) groups excluding carboxylic acids is 1. The lowest BCUT2D eigenvalue weighted by molar-refractivity contribution is 0.102. The van der Waals surface area contributed by atoms with Crippen molar-refractivity contribution in [3.63, 3.8) is 0 Å². The first-order valence-corrected chi connectivity index (χ1v) is 7.50. The van der Waals surface area contributed by atoms with Gasteiger partial charge in [0.2, 0.25) is 5.89 Å². The molecule has 2 aromatic heterocycles. The Morgan fingerprint density at radius 1 is 1.09 bits per heavy atom. The maximum Gasteiger partial charge on any atom is 0.277 e. The molecule has 3 aromatic rings. The van der Waals surface area contributed by atoms with E-state index in [0.29, 0.717) is 21.3 Å². The number of hydrogen-bond donors (Lipinski definition) is 1. The van der Waals surface area contributed by atoms with Crippen molar-refractivity contribution >= 4 is 46.4 Å². The van der Waals surface area contributed by atoms with Crippen LogP contribution < -0.4 is 5.32 Å². The summed E-state index contributed by atoms with van der Waals surface area (Å²) in [4.78, 5) is 20.1. The number of hydrogen-bond acceptors (Lipinski definition) is 4. The Labute approximate surface area is 146 Å². The number of amides is 1. The molecule has 0 saturated carbocycles. The van der Waals surface area contributed by atoms with E-state index in [9.17, 15) is 4.79 Å². The topological polar surface area (TPSA) is 68.0 Å². The molecule has 116 valence electrons. The summed E-state index contributed by atoms with van der Waals surface area (Å²) in [7, 11) is 0. The molecule has 0 radical (unpaired) electrons. The lowest BCUT2D eigenvalue weighted by Crippen LogP contribution is -2.12. The lowest BCUT2D eigenvalue weighted by atomic mass is 10.2. The molecule has 2 heterocycles. The molecular weight excluding hydrogens is 361 g/mol. The highest BCUT2D eigenvalue weighted by Gasteiger charge is 2.14. The highest BCUT2D eigenvalue weighted by Crippen LogP contribution is 2.28. The molecule has 8 heteroatoms. The summed E-state index contributed by atoms with van der Waals surface area (Å²) in [5.41, 5.74) is 1.25. The van der Waals surface area contributed by atoms with Gasteiger partial charge >= 0.3 is 0 Å². The number of aromatic nitrogens is 2. The summed E-state index contributed by atoms with van der Waals surface area (Å²) >= 11 is 17.6. The van der Waals surface area contributed by atoms with Crippen LogP contribution >= 0.6 is 34.8 Å². The lowest BCUT2D eigenvalue weighted by Gasteiger charge is -2.02. The number of oxazole rings is 1. The van der Waals surface area contributed by atoms with Crippen molar-refractivity contribution in [2.24, 2.45) is 0 Å². The van der Waals surface area contributed by atoms with Crippen molar-refractivity contribution < 1.29 is 9.21 Å². The van der Waals surface area contributed by atoms with Gasteiger partial charge in [-0.3, -0.25) is 4.79 Å². The second-order valence-electron chi connectivity index (χ2n) is 4.49. The van der Waals surface area contributed by atoms with Crippen LogP contribution in [0.3, 0.4) is 0 Å². The molecule has 1 N–H and O–H groups in total. The summed E-state index contributed by atoms with van der Waals surface area (Å²) in [6.07, 6.45) is 2.75. The van der Waals surface area contributed by atoms with Gasteiger partial charge in [0.25, 0.3) is 5.91 Å². The second kappa shape index (κ2) is 6.58. The van der Waals surface area contributed by atoms with Crippen molar-refractivity contribution in [2.45, 2.75) is 0 Å². The average molecular weight is 369 g/mol. The van der Waals surface area contributed by atoms with E-state index in [-0.39, 0.29) is 16.7 Å². The third kappa shape index (κ3) is 3.64. The Balaban J connectivity index is 1.81. The van der Waals surface area contributed by atoms with E-state index in [2.05, 4.69) is 15.3 Å². The zero-order chi connectivity index (χ0) is 16.4. The summed E-state index contributed by atoms with van der Waals surface area (Å²) in [6, 6.07) is 8.08. The minimum atomic E-state index is -0.428. The van der Waals surface area contributed by atoms with E-state index < -0.39 is 5.91 Å². The third-order valence-corrected chi connectivity index (χ3v) is 3.83. The molecule has 0 aliphatic heterocycles. The monoisotopic (exact) mass is 367 g/mol. The van der Waals surface area contributed by atoms with Crippen LogP contribution in [0.2, 0.25) is 15.2 Å². The van der Waals surface area contributed by atoms with E-state index in [4.69, 9.17) is 39.2 Å². The van der Waals surface area contributed by atoms with Crippen molar-refractivity contribution in [2.75, 3.05) is 5.32 Å². The van der Waals surface area contributed by atoms with Crippen molar-refractivity contribution in [3.8, 4) is 11.5 Å². The van der Waals surface area contributed by atoms with Crippen LogP contribution in [0.15, 0.2) is 47.2 Å². The van der Waals surface area contributed by atoms with Gasteiger partial charge in [-0.05, 0) is 30.3 Å². The number of carbonyl (C=O) groups is 1. The number of benzene rings is 1. The van der Waals surface area contributed by atoms with Crippen LogP contribution in [-0.2, 0) is 0 Å². The minimum Gasteiger partial charge on any atom is -0.444 e. The number of halogens is 3. The second-order valence-corrected chi connectivity index (χ2v) is 5.69. The molecule has 0 fully saturated rings. The van der Waals surface area contributed by atoms with Gasteiger partial charge in [-0.1, -0.05) is 34.8 Å². The first-order valence-electron chi connectivity index (χ1n) is 6.37. The smallest absolute Gasteiger partial charge is 0.277 e. The van der Waals surface area contributed by atoms with Crippen LogP contribution in [0.1, 0.15) is 10.5 Å². The Bertz CT molecular complexity index is 880. The summed E-state index contributed by atoms with van der Waals surface area (Å²) in [6.45, 7) is 0. The van der Waals surface area contributed by atoms with Crippen LogP contribution in [0.4, 0.5) is 5.69 Å². The summed E-state index contributed by atoms with van der Waals surface area (Å²) in [5.74, 6) is -0.163. The standard InChI is InChI=1S/C15H8Cl3N3O2/c16-10-2-1-8(5-11(10)17)15-21-12(7-23-15)14(22)20-9-3-4-19-13(18)6-9/h1-7H,(H,19,20,22). The quantitative estimate of drug-likeness (QED) is 0.664. The Hall–Kier alpha value is -2.08. The van der Waals surface area contributed by atoms with Gasteiger partial charge in [-0.15, -0.1) is 0 Å². The fourth-order valence-corrected chi connectivity index (χ4v) is 2.29. The zero-order valence-corrected chi connectivity index (χ0v) is 13.7. The van der Waals surface area contributed by atoms with E-state index in [0.717, 1.165) is 0 Å². The maximum atomic E-state index is 12.1. The fraction of sp³-hybridized carbons (Fsp3) is 0. The number of pyridine rings is 1. The van der Waals surface area contributed by atoms with Crippen LogP contribution in [0.25, 0.3) is 11.5 Å². The molecular formula is C15H8Cl3N3O2. The van der Waals surface area contributed by atoms with Gasteiger partial charge in [-0.2, -0.15) is 0 Å². The molecule has 1 aromatic carbocycles. The van der Waals surface area contributed by atoms with Gasteiger partial charge in [0.15, 0.2) is 5.69 Å². The molecule has 5 nitrogen and oxygen atoms in total. The highest BCUT2D eigenvalue weighted by atomic mass is 35.5. The molecule has 0 bridgehead atoms. The summed E-state index contributed by atoms with van der Waals surface area (Å²) in [5, 5.41) is 3.73. The van der Waals surface area contributed by atoms with Crippen LogP contribution in [-0.4, -0.2) is 15.9 Å². The molecule has 23 heavy (non-hydrogen) atoms. The van der Waals surface area contributed by atoms with Crippen LogP contribution in [0, 0.1) is 0 Å². The van der Waals surface area contributed by atoms with E-state index in [1.165, 1.54) is 18.5 Å². The molecule has 0 aliphatic rings. The van der Waals surface area contributed by atoms with E-state index in [1.807, 2.05) is 0 Å². The SMILES string of the molecule is O=C(Nc1ccnc(Cl)c1)c1coc(-c2ccc(Cl)c(Cl)c2)n1. The van der Waals surface area contributed by atoms with Gasteiger partial charge in [0.1, 0.15) is 11.4 Å². The van der Waals surface area contributed by atoms with Gasteiger partial charge < -0.3 is 9.73 Å². The molecule has 0 aliphatic carbocycles. The van der Waals surface area contributed by atoms with Gasteiger partial charge in [0.05, 0.1) is 10.0 Å². The first-order chi connectivity index (χ1) is 11.0. The molecule has 3 rings (SSSR count). The average Bonchev–Trinajstić information content (AvgIpc) is 3.00. The van der Waals surface area contributed by atoms with Gasteiger partial charge in [-0.25, -0.2) is 9.97 Å². The normalized spacial score (nSPS) is 10.6. The van der Waals surface area contributed by atoms with Crippen molar-refractivity contribution in [1.29, 1.82) is 0 Å². The molecule has 0 spiro atoms. The predicted molar refractivity (Wildman–Crippen MR) is 89.2 cm³/mol. The van der Waals surface area contributed by atoms with Crippen molar-refractivity contribution in [3.05, 3.63) is 63.7 Å². The fourth-order valence-electron chi connectivity index (χ4n) is 1.82. The number of nitrogens with one attached hydrogen (secondary N) is 1. The zero-order valence-electron chi connectivity index (χ0n) is 11.4. The van der Waals surface area contributed by atoms with E-state index in [1.54, 1.807) is 24.3 Å². The first kappa shape index (κ1) is 15.8. The Kier molecular flexibility index (Phi) is 4.52. The largest absolute Gasteiger partial charge is 0.444 e. The number of rotatable bonds is 3. The Morgan fingerprint density at radius 2 is 1.91 bits per heavy atom. The minimum absolute atomic E-state index is 0.124. The molecule has 0 saturated heterocycles. The van der Waals surface area contributed by atoms with Crippen molar-refractivity contribution in [1.82, 2.24) is 9.97 Å². The highest BCUT2D eigenvalue weighted by molar-refractivity contribution is 6.42. The number of nitrogens with zero attached hydrogens (tertiary/aromatic N) is 2. The number of anilines is 1. The third-order valence-electron chi connectivity index (χ3n) is 2.89. The maximum absolute atomic E-state index is 12.1. The van der Waals surface area contributed by atoms with Crippen LogP contribution in [0.5, 0.6) is 0 Å². The Morgan fingerprint density at radius 3 is 2.65 bits per heavy atom. The summed E-state index contributed by atoms with van der Waals surface area (Å²) < 4.78 is 5.32. The van der Waals surface area contributed by atoms with E-state index >= 15 is 0 Å². The molecule has 1 amide bonds.